The van der Waals surface area contributed by atoms with Crippen LogP contribution in [0.1, 0.15) is 12.0 Å². The van der Waals surface area contributed by atoms with Crippen molar-refractivity contribution in [2.24, 2.45) is 5.73 Å². The first-order valence-electron chi connectivity index (χ1n) is 4.72. The van der Waals surface area contributed by atoms with Gasteiger partial charge in [0.2, 0.25) is 0 Å². The second kappa shape index (κ2) is 5.11. The van der Waals surface area contributed by atoms with Crippen LogP contribution in [0.15, 0.2) is 18.2 Å². The second-order valence-corrected chi connectivity index (χ2v) is 3.30. The van der Waals surface area contributed by atoms with Crippen LogP contribution in [0.4, 0.5) is 5.69 Å². The molecule has 6 nitrogen and oxygen atoms in total. The lowest BCUT2D eigenvalue weighted by molar-refractivity contribution is -0.385. The van der Waals surface area contributed by atoms with E-state index < -0.39 is 4.92 Å². The highest BCUT2D eigenvalue weighted by atomic mass is 16.6. The fourth-order valence-electron chi connectivity index (χ4n) is 1.23. The van der Waals surface area contributed by atoms with Crippen LogP contribution in [0, 0.1) is 22.4 Å². The van der Waals surface area contributed by atoms with Gasteiger partial charge in [-0.1, -0.05) is 12.1 Å². The second-order valence-electron chi connectivity index (χ2n) is 3.30. The van der Waals surface area contributed by atoms with Crippen molar-refractivity contribution in [3.05, 3.63) is 33.9 Å². The predicted molar refractivity (Wildman–Crippen MR) is 59.9 cm³/mol. The summed E-state index contributed by atoms with van der Waals surface area (Å²) in [5, 5.41) is 17.7. The van der Waals surface area contributed by atoms with Crippen LogP contribution in [0.3, 0.4) is 0 Å². The summed E-state index contributed by atoms with van der Waals surface area (Å²) in [5.74, 6) is 0.241. The van der Waals surface area contributed by atoms with E-state index in [0.29, 0.717) is 5.56 Å². The zero-order chi connectivity index (χ0) is 12.1. The molecule has 3 N–H and O–H groups in total. The number of nitrogens with zero attached hydrogens (tertiary/aromatic N) is 1. The SMILES string of the molecule is Cc1cccc([N+](=O)[O-])c1OCCC(=N)N. The Labute approximate surface area is 92.7 Å². The highest BCUT2D eigenvalue weighted by Crippen LogP contribution is 2.30. The molecule has 0 amide bonds. The van der Waals surface area contributed by atoms with Gasteiger partial charge in [0.05, 0.1) is 17.4 Å². The summed E-state index contributed by atoms with van der Waals surface area (Å²) < 4.78 is 5.28. The molecular formula is C10H13N3O3. The van der Waals surface area contributed by atoms with E-state index in [-0.39, 0.29) is 30.3 Å². The first kappa shape index (κ1) is 12.0. The molecular weight excluding hydrogens is 210 g/mol. The molecule has 0 aliphatic rings. The Hall–Kier alpha value is -2.11. The maximum absolute atomic E-state index is 10.7. The van der Waals surface area contributed by atoms with Crippen molar-refractivity contribution in [2.75, 3.05) is 6.61 Å². The number of ether oxygens (including phenoxy) is 1. The fourth-order valence-corrected chi connectivity index (χ4v) is 1.23. The molecule has 1 aromatic carbocycles. The third-order valence-electron chi connectivity index (χ3n) is 2.01. The monoisotopic (exact) mass is 223 g/mol. The molecule has 0 aliphatic heterocycles. The van der Waals surface area contributed by atoms with Gasteiger partial charge in [0, 0.05) is 12.5 Å². The zero-order valence-corrected chi connectivity index (χ0v) is 8.90. The Bertz CT molecular complexity index is 418. The molecule has 16 heavy (non-hydrogen) atoms. The van der Waals surface area contributed by atoms with Gasteiger partial charge in [-0.15, -0.1) is 0 Å². The van der Waals surface area contributed by atoms with Crippen molar-refractivity contribution >= 4 is 11.5 Å². The average Bonchev–Trinajstić information content (AvgIpc) is 2.19. The molecule has 0 heterocycles. The molecule has 0 radical (unpaired) electrons. The number of aryl methyl sites for hydroxylation is 1. The first-order chi connectivity index (χ1) is 7.52. The smallest absolute Gasteiger partial charge is 0.311 e. The fraction of sp³-hybridized carbons (Fsp3) is 0.300. The first-order valence-corrected chi connectivity index (χ1v) is 4.72. The van der Waals surface area contributed by atoms with E-state index in [1.165, 1.54) is 6.07 Å². The largest absolute Gasteiger partial charge is 0.486 e. The van der Waals surface area contributed by atoms with Crippen molar-refractivity contribution in [1.29, 1.82) is 5.41 Å². The maximum Gasteiger partial charge on any atom is 0.311 e. The summed E-state index contributed by atoms with van der Waals surface area (Å²) in [7, 11) is 0. The predicted octanol–water partition coefficient (Wildman–Crippen LogP) is 1.61. The number of rotatable bonds is 5. The average molecular weight is 223 g/mol. The van der Waals surface area contributed by atoms with E-state index in [4.69, 9.17) is 15.9 Å². The molecule has 0 aromatic heterocycles. The minimum Gasteiger partial charge on any atom is -0.486 e. The van der Waals surface area contributed by atoms with Crippen LogP contribution in [-0.2, 0) is 0 Å². The zero-order valence-electron chi connectivity index (χ0n) is 8.90. The molecule has 0 aliphatic carbocycles. The molecule has 0 unspecified atom stereocenters. The van der Waals surface area contributed by atoms with Gasteiger partial charge in [0.15, 0.2) is 5.75 Å². The number of nitro benzene ring substituents is 1. The minimum atomic E-state index is -0.490. The summed E-state index contributed by atoms with van der Waals surface area (Å²) in [4.78, 5) is 10.2. The number of hydrogen-bond acceptors (Lipinski definition) is 4. The molecule has 6 heteroatoms. The third-order valence-corrected chi connectivity index (χ3v) is 2.01. The molecule has 0 spiro atoms. The topological polar surface area (TPSA) is 102 Å². The summed E-state index contributed by atoms with van der Waals surface area (Å²) >= 11 is 0. The standard InChI is InChI=1S/C10H13N3O3/c1-7-3-2-4-8(13(14)15)10(7)16-6-5-9(11)12/h2-4H,5-6H2,1H3,(H3,11,12). The van der Waals surface area contributed by atoms with Gasteiger partial charge < -0.3 is 10.5 Å². The molecule has 0 fully saturated rings. The van der Waals surface area contributed by atoms with E-state index >= 15 is 0 Å². The Kier molecular flexibility index (Phi) is 3.82. The van der Waals surface area contributed by atoms with Crippen molar-refractivity contribution in [3.8, 4) is 5.75 Å². The highest BCUT2D eigenvalue weighted by Gasteiger charge is 2.16. The summed E-state index contributed by atoms with van der Waals surface area (Å²) in [6, 6.07) is 4.72. The summed E-state index contributed by atoms with van der Waals surface area (Å²) in [6.07, 6.45) is 0.255. The van der Waals surface area contributed by atoms with E-state index in [1.807, 2.05) is 0 Å². The molecule has 0 saturated heterocycles. The van der Waals surface area contributed by atoms with E-state index in [2.05, 4.69) is 0 Å². The molecule has 0 bridgehead atoms. The molecule has 0 atom stereocenters. The van der Waals surface area contributed by atoms with Crippen LogP contribution in [0.25, 0.3) is 0 Å². The normalized spacial score (nSPS) is 9.81. The number of amidine groups is 1. The van der Waals surface area contributed by atoms with Crippen LogP contribution >= 0.6 is 0 Å². The quantitative estimate of drug-likeness (QED) is 0.342. The lowest BCUT2D eigenvalue weighted by Crippen LogP contribution is -2.14. The Morgan fingerprint density at radius 2 is 2.31 bits per heavy atom. The van der Waals surface area contributed by atoms with E-state index in [9.17, 15) is 10.1 Å². The van der Waals surface area contributed by atoms with Crippen molar-refractivity contribution < 1.29 is 9.66 Å². The Balaban J connectivity index is 2.84. The van der Waals surface area contributed by atoms with Gasteiger partial charge in [-0.25, -0.2) is 0 Å². The summed E-state index contributed by atoms with van der Waals surface area (Å²) in [5.41, 5.74) is 5.79. The van der Waals surface area contributed by atoms with Crippen LogP contribution in [0.5, 0.6) is 5.75 Å². The van der Waals surface area contributed by atoms with E-state index in [1.54, 1.807) is 19.1 Å². The van der Waals surface area contributed by atoms with Gasteiger partial charge in [-0.2, -0.15) is 0 Å². The molecule has 1 rings (SSSR count). The van der Waals surface area contributed by atoms with Crippen molar-refractivity contribution in [2.45, 2.75) is 13.3 Å². The number of hydrogen-bond donors (Lipinski definition) is 2. The van der Waals surface area contributed by atoms with Crippen LogP contribution in [0.2, 0.25) is 0 Å². The van der Waals surface area contributed by atoms with Crippen molar-refractivity contribution in [3.63, 3.8) is 0 Å². The lowest BCUT2D eigenvalue weighted by atomic mass is 10.2. The Morgan fingerprint density at radius 1 is 1.62 bits per heavy atom. The minimum absolute atomic E-state index is 0.00348. The van der Waals surface area contributed by atoms with Gasteiger partial charge in [-0.3, -0.25) is 15.5 Å². The van der Waals surface area contributed by atoms with Crippen molar-refractivity contribution in [1.82, 2.24) is 0 Å². The van der Waals surface area contributed by atoms with Crippen LogP contribution in [-0.4, -0.2) is 17.4 Å². The number of para-hydroxylation sites is 1. The molecule has 1 aromatic rings. The van der Waals surface area contributed by atoms with Gasteiger partial charge >= 0.3 is 5.69 Å². The Morgan fingerprint density at radius 3 is 2.88 bits per heavy atom. The number of nitrogens with one attached hydrogen (secondary N) is 1. The summed E-state index contributed by atoms with van der Waals surface area (Å²) in [6.45, 7) is 1.90. The van der Waals surface area contributed by atoms with Gasteiger partial charge in [0.25, 0.3) is 0 Å². The molecule has 86 valence electrons. The number of nitrogens with two attached hydrogens (primary N) is 1. The highest BCUT2D eigenvalue weighted by molar-refractivity contribution is 5.76. The van der Waals surface area contributed by atoms with Gasteiger partial charge in [-0.05, 0) is 12.5 Å². The van der Waals surface area contributed by atoms with Gasteiger partial charge in [0.1, 0.15) is 0 Å². The van der Waals surface area contributed by atoms with Crippen LogP contribution < -0.4 is 10.5 Å². The van der Waals surface area contributed by atoms with E-state index in [0.717, 1.165) is 0 Å². The maximum atomic E-state index is 10.7. The third kappa shape index (κ3) is 2.94. The number of benzene rings is 1. The lowest BCUT2D eigenvalue weighted by Gasteiger charge is -2.08. The molecule has 0 saturated carbocycles. The number of nitro groups is 1.